The van der Waals surface area contributed by atoms with Crippen LogP contribution in [0.1, 0.15) is 38.8 Å². The summed E-state index contributed by atoms with van der Waals surface area (Å²) in [6.45, 7) is 7.38. The molecule has 2 N–H and O–H groups in total. The molecule has 0 aliphatic carbocycles. The zero-order valence-corrected chi connectivity index (χ0v) is 17.2. The normalized spacial score (nSPS) is 16.8. The summed E-state index contributed by atoms with van der Waals surface area (Å²) in [4.78, 5) is 12.6. The summed E-state index contributed by atoms with van der Waals surface area (Å²) in [5, 5.41) is 6.62. The smallest absolute Gasteiger partial charge is 0.338 e. The molecule has 148 valence electrons. The summed E-state index contributed by atoms with van der Waals surface area (Å²) < 4.78 is 16.0. The van der Waals surface area contributed by atoms with E-state index < -0.39 is 5.97 Å². The zero-order chi connectivity index (χ0) is 19.8. The van der Waals surface area contributed by atoms with E-state index in [1.165, 1.54) is 0 Å². The Morgan fingerprint density at radius 2 is 1.89 bits per heavy atom. The van der Waals surface area contributed by atoms with Crippen molar-refractivity contribution >= 4 is 23.3 Å². The van der Waals surface area contributed by atoms with Crippen LogP contribution in [-0.4, -0.2) is 38.0 Å². The van der Waals surface area contributed by atoms with Crippen molar-refractivity contribution in [3.8, 4) is 5.75 Å². The summed E-state index contributed by atoms with van der Waals surface area (Å²) in [5.41, 5.74) is 2.10. The number of hydrogen-bond acceptors (Lipinski definition) is 5. The third-order valence-corrected chi connectivity index (χ3v) is 4.41. The molecule has 2 rings (SSSR count). The van der Waals surface area contributed by atoms with Crippen molar-refractivity contribution in [2.45, 2.75) is 33.2 Å². The van der Waals surface area contributed by atoms with Crippen LogP contribution in [0, 0.1) is 5.92 Å². The quantitative estimate of drug-likeness (QED) is 0.380. The van der Waals surface area contributed by atoms with E-state index in [0.29, 0.717) is 35.5 Å². The van der Waals surface area contributed by atoms with Gasteiger partial charge in [0.2, 0.25) is 0 Å². The molecular formula is C20H28N2O4S. The molecule has 0 saturated carbocycles. The zero-order valence-electron chi connectivity index (χ0n) is 16.3. The fraction of sp³-hybridized carbons (Fsp3) is 0.500. The van der Waals surface area contributed by atoms with Gasteiger partial charge in [-0.15, -0.1) is 0 Å². The van der Waals surface area contributed by atoms with Crippen LogP contribution in [0.2, 0.25) is 0 Å². The maximum absolute atomic E-state index is 12.6. The minimum Gasteiger partial charge on any atom is -0.494 e. The molecule has 1 atom stereocenters. The molecule has 27 heavy (non-hydrogen) atoms. The number of benzene rings is 1. The summed E-state index contributed by atoms with van der Waals surface area (Å²) in [7, 11) is 1.56. The van der Waals surface area contributed by atoms with E-state index in [0.717, 1.165) is 17.7 Å². The first-order valence-corrected chi connectivity index (χ1v) is 9.50. The Morgan fingerprint density at radius 1 is 1.19 bits per heavy atom. The molecule has 1 aliphatic rings. The number of carbonyl (C=O) groups is 1. The Balaban J connectivity index is 2.14. The summed E-state index contributed by atoms with van der Waals surface area (Å²) in [6, 6.07) is 7.31. The predicted molar refractivity (Wildman–Crippen MR) is 109 cm³/mol. The highest BCUT2D eigenvalue weighted by atomic mass is 32.1. The van der Waals surface area contributed by atoms with Crippen LogP contribution in [0.25, 0.3) is 0 Å². The van der Waals surface area contributed by atoms with Crippen LogP contribution in [0.15, 0.2) is 35.5 Å². The molecule has 0 bridgehead atoms. The molecule has 0 radical (unpaired) electrons. The van der Waals surface area contributed by atoms with E-state index in [2.05, 4.69) is 24.5 Å². The van der Waals surface area contributed by atoms with Gasteiger partial charge in [0.25, 0.3) is 0 Å². The Kier molecular flexibility index (Phi) is 8.06. The highest BCUT2D eigenvalue weighted by molar-refractivity contribution is 7.80. The average molecular weight is 393 g/mol. The van der Waals surface area contributed by atoms with Crippen LogP contribution < -0.4 is 15.4 Å². The van der Waals surface area contributed by atoms with Crippen molar-refractivity contribution in [3.05, 3.63) is 41.1 Å². The predicted octanol–water partition coefficient (Wildman–Crippen LogP) is 3.09. The molecule has 0 saturated heterocycles. The number of thiocarbonyl (C=S) groups is 1. The van der Waals surface area contributed by atoms with Gasteiger partial charge in [0, 0.05) is 12.8 Å². The molecule has 0 amide bonds. The minimum absolute atomic E-state index is 0.200. The molecule has 1 aromatic carbocycles. The Hall–Kier alpha value is -2.12. The lowest BCUT2D eigenvalue weighted by atomic mass is 9.95. The maximum Gasteiger partial charge on any atom is 0.338 e. The second kappa shape index (κ2) is 10.3. The van der Waals surface area contributed by atoms with Gasteiger partial charge in [-0.05, 0) is 49.2 Å². The number of allylic oxidation sites excluding steroid dienone is 1. The van der Waals surface area contributed by atoms with E-state index >= 15 is 0 Å². The highest BCUT2D eigenvalue weighted by Crippen LogP contribution is 2.29. The number of nitrogens with one attached hydrogen (secondary N) is 2. The molecule has 1 heterocycles. The first-order valence-electron chi connectivity index (χ1n) is 9.09. The summed E-state index contributed by atoms with van der Waals surface area (Å²) in [5.74, 6) is 1.01. The Bertz CT molecular complexity index is 686. The summed E-state index contributed by atoms with van der Waals surface area (Å²) in [6.07, 6.45) is 1.01. The van der Waals surface area contributed by atoms with Crippen LogP contribution in [-0.2, 0) is 14.3 Å². The van der Waals surface area contributed by atoms with Crippen molar-refractivity contribution in [1.82, 2.24) is 10.6 Å². The van der Waals surface area contributed by atoms with Crippen molar-refractivity contribution < 1.29 is 19.0 Å². The number of hydrogen-bond donors (Lipinski definition) is 2. The van der Waals surface area contributed by atoms with Gasteiger partial charge in [-0.2, -0.15) is 0 Å². The molecular weight excluding hydrogens is 364 g/mol. The van der Waals surface area contributed by atoms with E-state index in [9.17, 15) is 4.79 Å². The lowest BCUT2D eigenvalue weighted by Crippen LogP contribution is -2.45. The Labute approximate surface area is 166 Å². The van der Waals surface area contributed by atoms with Gasteiger partial charge < -0.3 is 24.8 Å². The standard InChI is InChI=1S/C20H28N2O4S/c1-13(2)9-10-25-16-7-5-15(6-8-16)18-17(14(3)21-20(27)22-18)19(23)26-12-11-24-4/h5-8,13,18H,9-12H2,1-4H3,(H2,21,22,27). The highest BCUT2D eigenvalue weighted by Gasteiger charge is 2.30. The van der Waals surface area contributed by atoms with Gasteiger partial charge in [0.1, 0.15) is 12.4 Å². The minimum atomic E-state index is -0.394. The molecule has 1 aliphatic heterocycles. The lowest BCUT2D eigenvalue weighted by molar-refractivity contribution is -0.140. The first kappa shape index (κ1) is 21.2. The summed E-state index contributed by atoms with van der Waals surface area (Å²) >= 11 is 5.26. The van der Waals surface area contributed by atoms with Crippen LogP contribution in [0.4, 0.5) is 0 Å². The van der Waals surface area contributed by atoms with Crippen molar-refractivity contribution in [2.75, 3.05) is 26.9 Å². The number of methoxy groups -OCH3 is 1. The molecule has 0 fully saturated rings. The van der Waals surface area contributed by atoms with E-state index in [-0.39, 0.29) is 12.6 Å². The van der Waals surface area contributed by atoms with E-state index in [1.54, 1.807) is 7.11 Å². The van der Waals surface area contributed by atoms with E-state index in [1.807, 2.05) is 31.2 Å². The number of ether oxygens (including phenoxy) is 3. The Morgan fingerprint density at radius 3 is 2.52 bits per heavy atom. The van der Waals surface area contributed by atoms with Gasteiger partial charge in [0.05, 0.1) is 24.8 Å². The lowest BCUT2D eigenvalue weighted by Gasteiger charge is -2.30. The average Bonchev–Trinajstić information content (AvgIpc) is 2.61. The molecule has 1 aromatic rings. The van der Waals surface area contributed by atoms with Crippen LogP contribution >= 0.6 is 12.2 Å². The molecule has 0 aromatic heterocycles. The third-order valence-electron chi connectivity index (χ3n) is 4.19. The van der Waals surface area contributed by atoms with Crippen molar-refractivity contribution in [2.24, 2.45) is 5.92 Å². The van der Waals surface area contributed by atoms with Gasteiger partial charge in [0.15, 0.2) is 5.11 Å². The topological polar surface area (TPSA) is 68.8 Å². The maximum atomic E-state index is 12.6. The molecule has 6 nitrogen and oxygen atoms in total. The van der Waals surface area contributed by atoms with Crippen molar-refractivity contribution in [1.29, 1.82) is 0 Å². The second-order valence-electron chi connectivity index (χ2n) is 6.80. The molecule has 0 spiro atoms. The fourth-order valence-corrected chi connectivity index (χ4v) is 2.95. The van der Waals surface area contributed by atoms with Crippen LogP contribution in [0.5, 0.6) is 5.75 Å². The third kappa shape index (κ3) is 6.22. The fourth-order valence-electron chi connectivity index (χ4n) is 2.68. The SMILES string of the molecule is COCCOC(=O)C1=C(C)NC(=S)NC1c1ccc(OCCC(C)C)cc1. The van der Waals surface area contributed by atoms with Gasteiger partial charge in [-0.3, -0.25) is 0 Å². The van der Waals surface area contributed by atoms with Gasteiger partial charge in [-0.1, -0.05) is 26.0 Å². The number of esters is 1. The van der Waals surface area contributed by atoms with Gasteiger partial charge in [-0.25, -0.2) is 4.79 Å². The van der Waals surface area contributed by atoms with E-state index in [4.69, 9.17) is 26.4 Å². The van der Waals surface area contributed by atoms with Gasteiger partial charge >= 0.3 is 5.97 Å². The monoisotopic (exact) mass is 392 g/mol. The second-order valence-corrected chi connectivity index (χ2v) is 7.21. The first-order chi connectivity index (χ1) is 12.9. The van der Waals surface area contributed by atoms with Crippen LogP contribution in [0.3, 0.4) is 0 Å². The largest absolute Gasteiger partial charge is 0.494 e. The van der Waals surface area contributed by atoms with Crippen molar-refractivity contribution in [3.63, 3.8) is 0 Å². The molecule has 1 unspecified atom stereocenters. The number of rotatable bonds is 9. The molecule has 7 heteroatoms. The number of carbonyl (C=O) groups excluding carboxylic acids is 1.